The topological polar surface area (TPSA) is 96.1 Å². The highest BCUT2D eigenvalue weighted by Crippen LogP contribution is 2.25. The monoisotopic (exact) mass is 285 g/mol. The Bertz CT molecular complexity index is 537. The van der Waals surface area contributed by atoms with Gasteiger partial charge in [-0.2, -0.15) is 0 Å². The molecule has 0 spiro atoms. The molecule has 0 saturated heterocycles. The second-order valence-corrected chi connectivity index (χ2v) is 3.78. The number of rotatable bonds is 2. The first-order chi connectivity index (χ1) is 7.59. The molecular weight excluding hydrogens is 282 g/mol. The van der Waals surface area contributed by atoms with Crippen molar-refractivity contribution in [3.8, 4) is 11.3 Å². The van der Waals surface area contributed by atoms with Gasteiger partial charge >= 0.3 is 5.82 Å². The van der Waals surface area contributed by atoms with Crippen LogP contribution in [0.25, 0.3) is 11.3 Å². The number of halogens is 1. The van der Waals surface area contributed by atoms with E-state index >= 15 is 0 Å². The van der Waals surface area contributed by atoms with Crippen LogP contribution in [0.2, 0.25) is 0 Å². The van der Waals surface area contributed by atoms with Crippen molar-refractivity contribution in [2.24, 2.45) is 0 Å². The standard InChI is InChI=1S/C8H4BrN3O4/c9-6-3-1-5(2-4-6)7-8(11(13)14)12(15)16-10-7/h1-4H. The average Bonchev–Trinajstić information content (AvgIpc) is 2.61. The molecule has 2 aromatic rings. The van der Waals surface area contributed by atoms with Gasteiger partial charge in [0.25, 0.3) is 0 Å². The van der Waals surface area contributed by atoms with E-state index in [0.29, 0.717) is 5.56 Å². The van der Waals surface area contributed by atoms with Crippen LogP contribution in [0.4, 0.5) is 5.82 Å². The molecule has 0 aliphatic carbocycles. The summed E-state index contributed by atoms with van der Waals surface area (Å²) >= 11 is 3.23. The first kappa shape index (κ1) is 10.6. The van der Waals surface area contributed by atoms with Crippen LogP contribution in [0, 0.1) is 15.3 Å². The SMILES string of the molecule is O=[N+]([O-])c1c(-c2ccc(Br)cc2)no[n+]1[O-]. The minimum atomic E-state index is -0.832. The fourth-order valence-electron chi connectivity index (χ4n) is 1.19. The van der Waals surface area contributed by atoms with Crippen molar-refractivity contribution in [1.29, 1.82) is 0 Å². The van der Waals surface area contributed by atoms with E-state index in [1.54, 1.807) is 24.3 Å². The molecule has 7 nitrogen and oxygen atoms in total. The Balaban J connectivity index is 2.56. The highest BCUT2D eigenvalue weighted by atomic mass is 79.9. The Morgan fingerprint density at radius 1 is 1.38 bits per heavy atom. The van der Waals surface area contributed by atoms with Gasteiger partial charge in [0, 0.05) is 10.0 Å². The quantitative estimate of drug-likeness (QED) is 0.475. The number of benzene rings is 1. The molecule has 8 heteroatoms. The lowest BCUT2D eigenvalue weighted by atomic mass is 10.1. The summed E-state index contributed by atoms with van der Waals surface area (Å²) in [5.74, 6) is -0.720. The second-order valence-electron chi connectivity index (χ2n) is 2.87. The molecule has 1 aromatic heterocycles. The van der Waals surface area contributed by atoms with Gasteiger partial charge in [-0.05, 0) is 12.1 Å². The molecule has 0 aliphatic heterocycles. The third-order valence-electron chi connectivity index (χ3n) is 1.88. The van der Waals surface area contributed by atoms with Crippen LogP contribution >= 0.6 is 15.9 Å². The molecule has 0 fully saturated rings. The molecular formula is C8H4BrN3O4. The van der Waals surface area contributed by atoms with Crippen molar-refractivity contribution < 1.29 is 14.5 Å². The van der Waals surface area contributed by atoms with Crippen LogP contribution in [-0.2, 0) is 0 Å². The van der Waals surface area contributed by atoms with Crippen molar-refractivity contribution in [3.05, 3.63) is 44.1 Å². The summed E-state index contributed by atoms with van der Waals surface area (Å²) in [6.07, 6.45) is 0. The van der Waals surface area contributed by atoms with Gasteiger partial charge in [-0.25, -0.2) is 0 Å². The van der Waals surface area contributed by atoms with Crippen LogP contribution in [0.1, 0.15) is 0 Å². The molecule has 0 N–H and O–H groups in total. The summed E-state index contributed by atoms with van der Waals surface area (Å²) in [5, 5.41) is 24.9. The lowest BCUT2D eigenvalue weighted by molar-refractivity contribution is -0.825. The number of hydrogen-bond acceptors (Lipinski definition) is 5. The highest BCUT2D eigenvalue weighted by Gasteiger charge is 2.32. The molecule has 0 atom stereocenters. The Morgan fingerprint density at radius 2 is 2.00 bits per heavy atom. The lowest BCUT2D eigenvalue weighted by Crippen LogP contribution is -2.26. The minimum Gasteiger partial charge on any atom is -0.265 e. The fraction of sp³-hybridized carbons (Fsp3) is 0. The van der Waals surface area contributed by atoms with Crippen molar-refractivity contribution in [1.82, 2.24) is 5.16 Å². The molecule has 0 unspecified atom stereocenters. The minimum absolute atomic E-state index is 0.0903. The van der Waals surface area contributed by atoms with E-state index in [2.05, 4.69) is 25.7 Å². The van der Waals surface area contributed by atoms with Gasteiger partial charge in [0.05, 0.1) is 0 Å². The van der Waals surface area contributed by atoms with E-state index in [0.717, 1.165) is 4.47 Å². The van der Waals surface area contributed by atoms with Gasteiger partial charge in [0.15, 0.2) is 0 Å². The number of aromatic nitrogens is 2. The van der Waals surface area contributed by atoms with Crippen LogP contribution in [0.15, 0.2) is 33.4 Å². The fourth-order valence-corrected chi connectivity index (χ4v) is 1.45. The molecule has 0 aliphatic rings. The van der Waals surface area contributed by atoms with Crippen LogP contribution in [-0.4, -0.2) is 10.1 Å². The van der Waals surface area contributed by atoms with Crippen LogP contribution in [0.3, 0.4) is 0 Å². The maximum atomic E-state index is 11.0. The predicted molar refractivity (Wildman–Crippen MR) is 55.3 cm³/mol. The highest BCUT2D eigenvalue weighted by molar-refractivity contribution is 9.10. The molecule has 0 radical (unpaired) electrons. The average molecular weight is 286 g/mol. The van der Waals surface area contributed by atoms with E-state index in [-0.39, 0.29) is 10.6 Å². The lowest BCUT2D eigenvalue weighted by Gasteiger charge is -1.93. The third kappa shape index (κ3) is 1.74. The Hall–Kier alpha value is -1.96. The summed E-state index contributed by atoms with van der Waals surface area (Å²) in [6.45, 7) is 0. The van der Waals surface area contributed by atoms with Gasteiger partial charge in [0.1, 0.15) is 9.83 Å². The molecule has 1 heterocycles. The Labute approximate surface area is 97.1 Å². The maximum Gasteiger partial charge on any atom is 0.587 e. The van der Waals surface area contributed by atoms with E-state index in [4.69, 9.17) is 0 Å². The van der Waals surface area contributed by atoms with Crippen LogP contribution < -0.4 is 4.90 Å². The summed E-state index contributed by atoms with van der Waals surface area (Å²) in [5.41, 5.74) is 0.348. The first-order valence-corrected chi connectivity index (χ1v) is 4.89. The summed E-state index contributed by atoms with van der Waals surface area (Å²) in [7, 11) is 0. The summed E-state index contributed by atoms with van der Waals surface area (Å²) in [4.78, 5) is 9.56. The van der Waals surface area contributed by atoms with Gasteiger partial charge in [-0.1, -0.05) is 28.1 Å². The van der Waals surface area contributed by atoms with Crippen molar-refractivity contribution in [3.63, 3.8) is 0 Å². The van der Waals surface area contributed by atoms with E-state index in [1.165, 1.54) is 0 Å². The number of nitro groups is 1. The summed E-state index contributed by atoms with van der Waals surface area (Å²) < 4.78 is 5.02. The van der Waals surface area contributed by atoms with E-state index in [9.17, 15) is 15.3 Å². The van der Waals surface area contributed by atoms with Gasteiger partial charge in [0.2, 0.25) is 5.69 Å². The van der Waals surface area contributed by atoms with Crippen LogP contribution in [0.5, 0.6) is 0 Å². The zero-order valence-electron chi connectivity index (χ0n) is 7.66. The normalized spacial score (nSPS) is 10.3. The van der Waals surface area contributed by atoms with Gasteiger partial charge in [-0.15, -0.1) is 5.16 Å². The van der Waals surface area contributed by atoms with Crippen molar-refractivity contribution >= 4 is 21.7 Å². The molecule has 2 rings (SSSR count). The van der Waals surface area contributed by atoms with E-state index < -0.39 is 10.7 Å². The summed E-state index contributed by atoms with van der Waals surface area (Å²) in [6, 6.07) is 6.55. The Morgan fingerprint density at radius 3 is 2.56 bits per heavy atom. The van der Waals surface area contributed by atoms with Gasteiger partial charge < -0.3 is 0 Å². The molecule has 82 valence electrons. The van der Waals surface area contributed by atoms with Crippen molar-refractivity contribution in [2.75, 3.05) is 0 Å². The number of hydrogen-bond donors (Lipinski definition) is 0. The smallest absolute Gasteiger partial charge is 0.265 e. The third-order valence-corrected chi connectivity index (χ3v) is 2.41. The molecule has 1 aromatic carbocycles. The molecule has 0 amide bonds. The first-order valence-electron chi connectivity index (χ1n) is 4.09. The van der Waals surface area contributed by atoms with Crippen molar-refractivity contribution in [2.45, 2.75) is 0 Å². The number of nitrogens with zero attached hydrogens (tertiary/aromatic N) is 3. The molecule has 0 bridgehead atoms. The largest absolute Gasteiger partial charge is 0.587 e. The predicted octanol–water partition coefficient (Wildman–Crippen LogP) is 1.65. The Kier molecular flexibility index (Phi) is 2.57. The molecule has 16 heavy (non-hydrogen) atoms. The zero-order valence-corrected chi connectivity index (χ0v) is 9.25. The zero-order chi connectivity index (χ0) is 11.7. The molecule has 0 saturated carbocycles. The van der Waals surface area contributed by atoms with Gasteiger partial charge in [-0.3, -0.25) is 20.0 Å². The second kappa shape index (κ2) is 3.89. The maximum absolute atomic E-state index is 11.0. The van der Waals surface area contributed by atoms with E-state index in [1.807, 2.05) is 0 Å².